The lowest BCUT2D eigenvalue weighted by Gasteiger charge is -2.17. The predicted octanol–water partition coefficient (Wildman–Crippen LogP) is 1.89. The van der Waals surface area contributed by atoms with Crippen LogP contribution >= 0.6 is 0 Å². The van der Waals surface area contributed by atoms with Crippen LogP contribution in [0.3, 0.4) is 0 Å². The molecule has 3 heterocycles. The van der Waals surface area contributed by atoms with Crippen LogP contribution in [-0.4, -0.2) is 39.2 Å². The number of nitroso groups, excluding NO2 is 1. The Morgan fingerprint density at radius 1 is 1.26 bits per heavy atom. The van der Waals surface area contributed by atoms with Crippen molar-refractivity contribution in [3.63, 3.8) is 0 Å². The maximum Gasteiger partial charge on any atom is 0.224 e. The summed E-state index contributed by atoms with van der Waals surface area (Å²) in [7, 11) is 0. The van der Waals surface area contributed by atoms with Crippen LogP contribution in [0.15, 0.2) is 23.7 Å². The summed E-state index contributed by atoms with van der Waals surface area (Å²) in [5, 5.41) is 3.00. The largest absolute Gasteiger partial charge is 0.368 e. The van der Waals surface area contributed by atoms with Crippen molar-refractivity contribution in [3.05, 3.63) is 23.4 Å². The molecule has 0 amide bonds. The Labute approximate surface area is 133 Å². The third-order valence-corrected chi connectivity index (χ3v) is 4.64. The van der Waals surface area contributed by atoms with E-state index in [-0.39, 0.29) is 17.9 Å². The van der Waals surface area contributed by atoms with Crippen LogP contribution in [0.5, 0.6) is 0 Å². The van der Waals surface area contributed by atoms with Crippen molar-refractivity contribution in [1.82, 2.24) is 19.5 Å². The molecule has 23 heavy (non-hydrogen) atoms. The molecular weight excluding hydrogens is 294 g/mol. The summed E-state index contributed by atoms with van der Waals surface area (Å²) < 4.78 is 2.02. The van der Waals surface area contributed by atoms with E-state index in [0.717, 1.165) is 49.3 Å². The number of nitrogens with two attached hydrogens (primary N) is 1. The van der Waals surface area contributed by atoms with E-state index < -0.39 is 0 Å². The normalized spacial score (nSPS) is 23.9. The number of allylic oxidation sites excluding steroid dienone is 1. The molecule has 120 valence electrons. The number of imidazole rings is 1. The van der Waals surface area contributed by atoms with Gasteiger partial charge in [-0.2, -0.15) is 14.9 Å². The van der Waals surface area contributed by atoms with E-state index >= 15 is 0 Å². The third kappa shape index (κ3) is 2.43. The fraction of sp³-hybridized carbons (Fsp3) is 0.533. The summed E-state index contributed by atoms with van der Waals surface area (Å²) in [5.41, 5.74) is 7.49. The molecule has 2 aromatic rings. The summed E-state index contributed by atoms with van der Waals surface area (Å²) in [6, 6.07) is 0.132. The first-order chi connectivity index (χ1) is 11.3. The highest BCUT2D eigenvalue weighted by Gasteiger charge is 2.25. The number of aromatic nitrogens is 4. The number of rotatable bonds is 4. The van der Waals surface area contributed by atoms with Crippen LogP contribution < -0.4 is 10.6 Å². The molecule has 1 fully saturated rings. The van der Waals surface area contributed by atoms with Crippen LogP contribution in [-0.2, 0) is 0 Å². The van der Waals surface area contributed by atoms with Crippen molar-refractivity contribution in [2.75, 3.05) is 30.3 Å². The standard InChI is InChI=1S/C15H19N7O/c16-15-19-13(21-5-1-2-6-21)12-14(20-15)22(9-17-12)11-4-3-10(7-11)8-18-23/h3-4,9-11H,1-2,5-8H2,(H2,16,19,20). The summed E-state index contributed by atoms with van der Waals surface area (Å²) in [6.07, 6.45) is 9.09. The zero-order valence-electron chi connectivity index (χ0n) is 12.8. The van der Waals surface area contributed by atoms with E-state index in [1.54, 1.807) is 6.33 Å². The van der Waals surface area contributed by atoms with Crippen molar-refractivity contribution in [1.29, 1.82) is 0 Å². The topological polar surface area (TPSA) is 102 Å². The minimum atomic E-state index is 0.132. The minimum absolute atomic E-state index is 0.132. The molecule has 2 aromatic heterocycles. The lowest BCUT2D eigenvalue weighted by atomic mass is 10.1. The van der Waals surface area contributed by atoms with Gasteiger partial charge in [0, 0.05) is 19.0 Å². The molecule has 8 nitrogen and oxygen atoms in total. The van der Waals surface area contributed by atoms with Gasteiger partial charge in [0.05, 0.1) is 18.9 Å². The van der Waals surface area contributed by atoms with Gasteiger partial charge in [-0.3, -0.25) is 0 Å². The SMILES string of the molecule is Nc1nc(N2CCCC2)c2ncn(C3C=CC(CN=O)C3)c2n1. The molecular formula is C15H19N7O. The number of anilines is 2. The molecule has 2 atom stereocenters. The maximum absolute atomic E-state index is 10.5. The number of nitrogens with zero attached hydrogens (tertiary/aromatic N) is 6. The third-order valence-electron chi connectivity index (χ3n) is 4.64. The van der Waals surface area contributed by atoms with Gasteiger partial charge >= 0.3 is 0 Å². The summed E-state index contributed by atoms with van der Waals surface area (Å²) >= 11 is 0. The second-order valence-corrected chi connectivity index (χ2v) is 6.18. The average Bonchev–Trinajstić information content (AvgIpc) is 3.26. The van der Waals surface area contributed by atoms with Crippen molar-refractivity contribution in [3.8, 4) is 0 Å². The monoisotopic (exact) mass is 313 g/mol. The van der Waals surface area contributed by atoms with E-state index in [4.69, 9.17) is 5.73 Å². The molecule has 0 radical (unpaired) electrons. The van der Waals surface area contributed by atoms with Crippen molar-refractivity contribution < 1.29 is 0 Å². The van der Waals surface area contributed by atoms with E-state index in [0.29, 0.717) is 6.54 Å². The van der Waals surface area contributed by atoms with Crippen molar-refractivity contribution in [2.45, 2.75) is 25.3 Å². The van der Waals surface area contributed by atoms with E-state index in [1.807, 2.05) is 10.6 Å². The van der Waals surface area contributed by atoms with E-state index in [1.165, 1.54) is 0 Å². The van der Waals surface area contributed by atoms with Gasteiger partial charge in [0.15, 0.2) is 17.0 Å². The molecule has 1 aliphatic carbocycles. The summed E-state index contributed by atoms with van der Waals surface area (Å²) in [5.74, 6) is 1.29. The Morgan fingerprint density at radius 3 is 2.87 bits per heavy atom. The van der Waals surface area contributed by atoms with Gasteiger partial charge in [-0.05, 0) is 19.3 Å². The van der Waals surface area contributed by atoms with Crippen LogP contribution in [0.2, 0.25) is 0 Å². The zero-order chi connectivity index (χ0) is 15.8. The number of hydrogen-bond acceptors (Lipinski definition) is 7. The van der Waals surface area contributed by atoms with Crippen LogP contribution in [0.1, 0.15) is 25.3 Å². The van der Waals surface area contributed by atoms with Crippen LogP contribution in [0.4, 0.5) is 11.8 Å². The number of hydrogen-bond donors (Lipinski definition) is 1. The second-order valence-electron chi connectivity index (χ2n) is 6.18. The molecule has 1 aliphatic heterocycles. The highest BCUT2D eigenvalue weighted by molar-refractivity contribution is 5.85. The highest BCUT2D eigenvalue weighted by atomic mass is 16.3. The number of fused-ring (bicyclic) bond motifs is 1. The molecule has 1 saturated heterocycles. The Morgan fingerprint density at radius 2 is 2.09 bits per heavy atom. The summed E-state index contributed by atoms with van der Waals surface area (Å²) in [6.45, 7) is 2.28. The van der Waals surface area contributed by atoms with Gasteiger partial charge in [0.25, 0.3) is 0 Å². The Balaban J connectivity index is 1.72. The van der Waals surface area contributed by atoms with Gasteiger partial charge in [0.2, 0.25) is 5.95 Å². The molecule has 2 aliphatic rings. The van der Waals surface area contributed by atoms with Crippen LogP contribution in [0.25, 0.3) is 11.2 Å². The molecule has 2 unspecified atom stereocenters. The van der Waals surface area contributed by atoms with Crippen LogP contribution in [0, 0.1) is 10.8 Å². The molecule has 0 bridgehead atoms. The fourth-order valence-electron chi connectivity index (χ4n) is 3.50. The molecule has 4 rings (SSSR count). The first-order valence-corrected chi connectivity index (χ1v) is 7.98. The van der Waals surface area contributed by atoms with Gasteiger partial charge in [-0.15, -0.1) is 0 Å². The number of nitrogen functional groups attached to an aromatic ring is 1. The predicted molar refractivity (Wildman–Crippen MR) is 88.1 cm³/mol. The highest BCUT2D eigenvalue weighted by Crippen LogP contribution is 2.33. The van der Waals surface area contributed by atoms with E-state index in [2.05, 4.69) is 31.1 Å². The Bertz CT molecular complexity index is 763. The van der Waals surface area contributed by atoms with Crippen molar-refractivity contribution in [2.24, 2.45) is 11.1 Å². The molecule has 0 spiro atoms. The average molecular weight is 313 g/mol. The Hall–Kier alpha value is -2.51. The zero-order valence-corrected chi connectivity index (χ0v) is 12.8. The second kappa shape index (κ2) is 5.60. The van der Waals surface area contributed by atoms with Crippen molar-refractivity contribution >= 4 is 22.9 Å². The van der Waals surface area contributed by atoms with Gasteiger partial charge in [-0.1, -0.05) is 17.3 Å². The molecule has 2 N–H and O–H groups in total. The van der Waals surface area contributed by atoms with Gasteiger partial charge in [0.1, 0.15) is 0 Å². The lowest BCUT2D eigenvalue weighted by molar-refractivity contribution is 0.517. The maximum atomic E-state index is 10.5. The lowest BCUT2D eigenvalue weighted by Crippen LogP contribution is -2.20. The molecule has 0 saturated carbocycles. The van der Waals surface area contributed by atoms with Gasteiger partial charge < -0.3 is 15.2 Å². The summed E-state index contributed by atoms with van der Waals surface area (Å²) in [4.78, 5) is 26.0. The molecule has 0 aromatic carbocycles. The van der Waals surface area contributed by atoms with Gasteiger partial charge in [-0.25, -0.2) is 4.98 Å². The smallest absolute Gasteiger partial charge is 0.224 e. The first-order valence-electron chi connectivity index (χ1n) is 7.98. The quantitative estimate of drug-likeness (QED) is 0.683. The fourth-order valence-corrected chi connectivity index (χ4v) is 3.50. The minimum Gasteiger partial charge on any atom is -0.368 e. The molecule has 8 heteroatoms. The first kappa shape index (κ1) is 14.1. The van der Waals surface area contributed by atoms with E-state index in [9.17, 15) is 4.91 Å². The Kier molecular flexibility index (Phi) is 3.44.